The van der Waals surface area contributed by atoms with Gasteiger partial charge < -0.3 is 30.3 Å². The van der Waals surface area contributed by atoms with Gasteiger partial charge in [-0.2, -0.15) is 0 Å². The molecule has 2 atom stereocenters. The fourth-order valence-corrected chi connectivity index (χ4v) is 3.44. The van der Waals surface area contributed by atoms with Crippen molar-refractivity contribution < 1.29 is 29.3 Å². The van der Waals surface area contributed by atoms with E-state index in [-0.39, 0.29) is 44.7 Å². The first-order valence-electron chi connectivity index (χ1n) is 11.8. The Morgan fingerprint density at radius 3 is 2.40 bits per heavy atom. The Kier molecular flexibility index (Phi) is 13.2. The Morgan fingerprint density at radius 1 is 1.00 bits per heavy atom. The molecule has 4 N–H and O–H groups in total. The Labute approximate surface area is 207 Å². The second kappa shape index (κ2) is 16.4. The lowest BCUT2D eigenvalue weighted by Crippen LogP contribution is -2.43. The second-order valence-corrected chi connectivity index (χ2v) is 8.12. The summed E-state index contributed by atoms with van der Waals surface area (Å²) >= 11 is 0. The molecule has 2 aromatic rings. The predicted octanol–water partition coefficient (Wildman–Crippen LogP) is 1.99. The number of carbonyl (C=O) groups is 2. The normalized spacial score (nSPS) is 12.4. The number of aliphatic hydroxyl groups is 2. The van der Waals surface area contributed by atoms with Crippen molar-refractivity contribution in [3.8, 4) is 5.75 Å². The monoisotopic (exact) mass is 484 g/mol. The van der Waals surface area contributed by atoms with E-state index >= 15 is 0 Å². The summed E-state index contributed by atoms with van der Waals surface area (Å²) in [6.07, 6.45) is 2.38. The molecule has 0 aliphatic rings. The van der Waals surface area contributed by atoms with Crippen LogP contribution in [-0.4, -0.2) is 61.0 Å². The van der Waals surface area contributed by atoms with E-state index in [9.17, 15) is 14.7 Å². The minimum atomic E-state index is -0.589. The Hall–Kier alpha value is -3.20. The highest BCUT2D eigenvalue weighted by Gasteiger charge is 2.23. The van der Waals surface area contributed by atoms with E-state index in [4.69, 9.17) is 14.6 Å². The van der Waals surface area contributed by atoms with Crippen molar-refractivity contribution in [2.45, 2.75) is 31.9 Å². The van der Waals surface area contributed by atoms with Crippen LogP contribution in [0.5, 0.6) is 5.75 Å². The predicted molar refractivity (Wildman–Crippen MR) is 134 cm³/mol. The van der Waals surface area contributed by atoms with Gasteiger partial charge in [0.25, 0.3) is 0 Å². The zero-order valence-electron chi connectivity index (χ0n) is 20.0. The highest BCUT2D eigenvalue weighted by atomic mass is 16.5. The highest BCUT2D eigenvalue weighted by molar-refractivity contribution is 5.86. The number of hydrogen-bond acceptors (Lipinski definition) is 6. The van der Waals surface area contributed by atoms with Crippen LogP contribution < -0.4 is 15.4 Å². The van der Waals surface area contributed by atoms with Gasteiger partial charge in [-0.25, -0.2) is 0 Å². The third-order valence-electron chi connectivity index (χ3n) is 5.28. The topological polar surface area (TPSA) is 117 Å². The largest absolute Gasteiger partial charge is 0.489 e. The lowest BCUT2D eigenvalue weighted by Gasteiger charge is -2.21. The van der Waals surface area contributed by atoms with Crippen molar-refractivity contribution in [1.82, 2.24) is 10.6 Å². The molecule has 0 radical (unpaired) electrons. The van der Waals surface area contributed by atoms with Crippen LogP contribution in [0.1, 0.15) is 24.0 Å². The highest BCUT2D eigenvalue weighted by Crippen LogP contribution is 2.16. The molecule has 2 amide bonds. The number of carbonyl (C=O) groups excluding carboxylic acids is 2. The molecule has 0 saturated heterocycles. The third kappa shape index (κ3) is 11.2. The summed E-state index contributed by atoms with van der Waals surface area (Å²) in [6.45, 7) is 4.64. The van der Waals surface area contributed by atoms with Crippen molar-refractivity contribution in [2.24, 2.45) is 5.92 Å². The molecule has 0 bridgehead atoms. The van der Waals surface area contributed by atoms with Gasteiger partial charge in [-0.05, 0) is 36.1 Å². The summed E-state index contributed by atoms with van der Waals surface area (Å²) in [5, 5.41) is 24.0. The number of nitrogens with one attached hydrogen (secondary N) is 2. The van der Waals surface area contributed by atoms with Crippen LogP contribution in [0.15, 0.2) is 67.3 Å². The number of rotatable bonds is 17. The summed E-state index contributed by atoms with van der Waals surface area (Å²) in [5.41, 5.74) is 2.02. The SMILES string of the molecule is C=CCC(CC(=O)NCCOCCO)C(=O)NC(CO)Cc1ccc(OCc2ccccc2)cc1. The van der Waals surface area contributed by atoms with E-state index in [1.165, 1.54) is 0 Å². The van der Waals surface area contributed by atoms with Crippen LogP contribution in [0.25, 0.3) is 0 Å². The lowest BCUT2D eigenvalue weighted by molar-refractivity contribution is -0.131. The molecule has 190 valence electrons. The molecule has 8 heteroatoms. The summed E-state index contributed by atoms with van der Waals surface area (Å²) < 4.78 is 10.9. The molecule has 0 aliphatic heterocycles. The van der Waals surface area contributed by atoms with Crippen LogP contribution in [0, 0.1) is 5.92 Å². The summed E-state index contributed by atoms with van der Waals surface area (Å²) in [6, 6.07) is 16.9. The zero-order chi connectivity index (χ0) is 25.3. The molecule has 0 spiro atoms. The van der Waals surface area contributed by atoms with Gasteiger partial charge in [0.05, 0.1) is 38.4 Å². The van der Waals surface area contributed by atoms with Crippen molar-refractivity contribution >= 4 is 11.8 Å². The fourth-order valence-electron chi connectivity index (χ4n) is 3.44. The van der Waals surface area contributed by atoms with E-state index in [0.717, 1.165) is 16.9 Å². The summed E-state index contributed by atoms with van der Waals surface area (Å²) in [4.78, 5) is 25.0. The summed E-state index contributed by atoms with van der Waals surface area (Å²) in [7, 11) is 0. The fraction of sp³-hybridized carbons (Fsp3) is 0.407. The zero-order valence-corrected chi connectivity index (χ0v) is 20.0. The quantitative estimate of drug-likeness (QED) is 0.202. The Balaban J connectivity index is 1.83. The van der Waals surface area contributed by atoms with Gasteiger partial charge in [-0.3, -0.25) is 9.59 Å². The maximum Gasteiger partial charge on any atom is 0.224 e. The van der Waals surface area contributed by atoms with Crippen LogP contribution >= 0.6 is 0 Å². The van der Waals surface area contributed by atoms with Gasteiger partial charge in [-0.1, -0.05) is 48.5 Å². The smallest absolute Gasteiger partial charge is 0.224 e. The van der Waals surface area contributed by atoms with Crippen molar-refractivity contribution in [1.29, 1.82) is 0 Å². The van der Waals surface area contributed by atoms with E-state index in [1.54, 1.807) is 6.08 Å². The minimum Gasteiger partial charge on any atom is -0.489 e. The molecule has 0 saturated carbocycles. The minimum absolute atomic E-state index is 0.00342. The van der Waals surface area contributed by atoms with Gasteiger partial charge in [-0.15, -0.1) is 6.58 Å². The van der Waals surface area contributed by atoms with Gasteiger partial charge in [0.1, 0.15) is 12.4 Å². The number of allylic oxidation sites excluding steroid dienone is 1. The molecular weight excluding hydrogens is 448 g/mol. The third-order valence-corrected chi connectivity index (χ3v) is 5.28. The number of hydrogen-bond donors (Lipinski definition) is 4. The first-order chi connectivity index (χ1) is 17.0. The second-order valence-electron chi connectivity index (χ2n) is 8.12. The van der Waals surface area contributed by atoms with Crippen LogP contribution in [-0.2, 0) is 27.4 Å². The standard InChI is InChI=1S/C27H36N2O6/c1-2-6-23(18-26(32)28-13-15-34-16-14-30)27(33)29-24(19-31)17-21-9-11-25(12-10-21)35-20-22-7-4-3-5-8-22/h2-5,7-12,23-24,30-31H,1,6,13-20H2,(H,28,32)(H,29,33). The lowest BCUT2D eigenvalue weighted by atomic mass is 9.98. The van der Waals surface area contributed by atoms with Gasteiger partial charge >= 0.3 is 0 Å². The van der Waals surface area contributed by atoms with Crippen LogP contribution in [0.2, 0.25) is 0 Å². The Bertz CT molecular complexity index is 888. The molecule has 0 aliphatic carbocycles. The van der Waals surface area contributed by atoms with Gasteiger partial charge in [0.15, 0.2) is 0 Å². The van der Waals surface area contributed by atoms with E-state index in [0.29, 0.717) is 26.0 Å². The molecule has 2 aromatic carbocycles. The molecule has 8 nitrogen and oxygen atoms in total. The average molecular weight is 485 g/mol. The molecule has 0 fully saturated rings. The van der Waals surface area contributed by atoms with E-state index in [1.807, 2.05) is 54.6 Å². The Morgan fingerprint density at radius 2 is 1.74 bits per heavy atom. The molecular formula is C27H36N2O6. The van der Waals surface area contributed by atoms with E-state index in [2.05, 4.69) is 17.2 Å². The summed E-state index contributed by atoms with van der Waals surface area (Å²) in [5.74, 6) is -0.431. The molecule has 0 aromatic heterocycles. The molecule has 2 rings (SSSR count). The molecule has 35 heavy (non-hydrogen) atoms. The van der Waals surface area contributed by atoms with Crippen molar-refractivity contribution in [2.75, 3.05) is 33.0 Å². The maximum atomic E-state index is 12.8. The van der Waals surface area contributed by atoms with Crippen molar-refractivity contribution in [3.63, 3.8) is 0 Å². The van der Waals surface area contributed by atoms with Gasteiger partial charge in [0, 0.05) is 13.0 Å². The molecule has 2 unspecified atom stereocenters. The first kappa shape index (κ1) is 28.0. The maximum absolute atomic E-state index is 12.8. The van der Waals surface area contributed by atoms with Crippen LogP contribution in [0.4, 0.5) is 0 Å². The number of aliphatic hydroxyl groups excluding tert-OH is 2. The van der Waals surface area contributed by atoms with Gasteiger partial charge in [0.2, 0.25) is 11.8 Å². The van der Waals surface area contributed by atoms with Crippen LogP contribution in [0.3, 0.4) is 0 Å². The average Bonchev–Trinajstić information content (AvgIpc) is 2.88. The first-order valence-corrected chi connectivity index (χ1v) is 11.8. The van der Waals surface area contributed by atoms with E-state index < -0.39 is 12.0 Å². The van der Waals surface area contributed by atoms with Crippen molar-refractivity contribution in [3.05, 3.63) is 78.4 Å². The molecule has 0 heterocycles. The number of benzene rings is 2. The number of amides is 2. The number of ether oxygens (including phenoxy) is 2.